The molecule has 0 unspecified atom stereocenters. The van der Waals surface area contributed by atoms with Gasteiger partial charge in [0.2, 0.25) is 0 Å². The second kappa shape index (κ2) is 8.30. The Morgan fingerprint density at radius 3 is 2.55 bits per heavy atom. The quantitative estimate of drug-likeness (QED) is 0.735. The highest BCUT2D eigenvalue weighted by Crippen LogP contribution is 2.40. The van der Waals surface area contributed by atoms with E-state index >= 15 is 0 Å². The van der Waals surface area contributed by atoms with Crippen molar-refractivity contribution in [2.24, 2.45) is 5.41 Å². The van der Waals surface area contributed by atoms with Crippen LogP contribution in [0.15, 0.2) is 58.7 Å². The summed E-state index contributed by atoms with van der Waals surface area (Å²) in [7, 11) is 0. The highest BCUT2D eigenvalue weighted by Gasteiger charge is 2.30. The van der Waals surface area contributed by atoms with Gasteiger partial charge in [0.15, 0.2) is 0 Å². The summed E-state index contributed by atoms with van der Waals surface area (Å²) in [6, 6.07) is 0. The van der Waals surface area contributed by atoms with Gasteiger partial charge >= 0.3 is 0 Å². The van der Waals surface area contributed by atoms with Crippen molar-refractivity contribution in [3.05, 3.63) is 58.7 Å². The van der Waals surface area contributed by atoms with Gasteiger partial charge in [-0.25, -0.2) is 0 Å². The van der Waals surface area contributed by atoms with Crippen LogP contribution in [0.25, 0.3) is 0 Å². The highest BCUT2D eigenvalue weighted by atomic mass is 16.3. The molecular formula is C20H30O2. The van der Waals surface area contributed by atoms with E-state index in [2.05, 4.69) is 32.9 Å². The fourth-order valence-corrected chi connectivity index (χ4v) is 2.75. The molecule has 2 nitrogen and oxygen atoms in total. The first-order valence-corrected chi connectivity index (χ1v) is 7.98. The highest BCUT2D eigenvalue weighted by molar-refractivity contribution is 5.38. The summed E-state index contributed by atoms with van der Waals surface area (Å²) in [5, 5.41) is 18.9. The van der Waals surface area contributed by atoms with Gasteiger partial charge in [0, 0.05) is 0 Å². The van der Waals surface area contributed by atoms with E-state index in [0.717, 1.165) is 29.6 Å². The molecule has 0 aromatic heterocycles. The van der Waals surface area contributed by atoms with Crippen LogP contribution < -0.4 is 0 Å². The number of hydrogen-bond donors (Lipinski definition) is 2. The largest absolute Gasteiger partial charge is 0.392 e. The molecule has 0 aliphatic heterocycles. The van der Waals surface area contributed by atoms with E-state index in [4.69, 9.17) is 5.11 Å². The maximum Gasteiger partial charge on any atom is 0.0753 e. The van der Waals surface area contributed by atoms with Gasteiger partial charge in [0.25, 0.3) is 0 Å². The summed E-state index contributed by atoms with van der Waals surface area (Å²) in [4.78, 5) is 0. The molecule has 0 fully saturated rings. The molecule has 2 N–H and O–H groups in total. The van der Waals surface area contributed by atoms with Crippen molar-refractivity contribution in [2.75, 3.05) is 6.61 Å². The van der Waals surface area contributed by atoms with E-state index in [1.165, 1.54) is 5.57 Å². The summed E-state index contributed by atoms with van der Waals surface area (Å²) in [5.41, 5.74) is 4.67. The smallest absolute Gasteiger partial charge is 0.0753 e. The summed E-state index contributed by atoms with van der Waals surface area (Å²) < 4.78 is 0. The number of aliphatic hydroxyl groups is 2. The van der Waals surface area contributed by atoms with E-state index in [9.17, 15) is 5.11 Å². The van der Waals surface area contributed by atoms with Crippen molar-refractivity contribution in [3.63, 3.8) is 0 Å². The van der Waals surface area contributed by atoms with Crippen LogP contribution in [0, 0.1) is 5.41 Å². The summed E-state index contributed by atoms with van der Waals surface area (Å²) in [6.07, 6.45) is 13.6. The molecule has 1 rings (SSSR count). The van der Waals surface area contributed by atoms with Gasteiger partial charge in [-0.2, -0.15) is 0 Å². The Bertz CT molecular complexity index is 528. The normalized spacial score (nSPS) is 23.9. The van der Waals surface area contributed by atoms with Crippen molar-refractivity contribution in [3.8, 4) is 0 Å². The first-order chi connectivity index (χ1) is 10.3. The van der Waals surface area contributed by atoms with E-state index in [1.807, 2.05) is 32.1 Å². The van der Waals surface area contributed by atoms with Crippen LogP contribution in [0.3, 0.4) is 0 Å². The van der Waals surface area contributed by atoms with Gasteiger partial charge in [-0.3, -0.25) is 0 Å². The lowest BCUT2D eigenvalue weighted by Crippen LogP contribution is -2.27. The van der Waals surface area contributed by atoms with Crippen molar-refractivity contribution in [2.45, 2.75) is 53.6 Å². The Balaban J connectivity index is 2.86. The zero-order valence-electron chi connectivity index (χ0n) is 14.6. The van der Waals surface area contributed by atoms with E-state index in [0.29, 0.717) is 0 Å². The molecular weight excluding hydrogens is 272 g/mol. The molecule has 2 heteroatoms. The minimum atomic E-state index is -0.303. The van der Waals surface area contributed by atoms with Gasteiger partial charge in [-0.15, -0.1) is 0 Å². The zero-order chi connectivity index (χ0) is 16.8. The van der Waals surface area contributed by atoms with Crippen LogP contribution in [-0.4, -0.2) is 22.9 Å². The predicted molar refractivity (Wildman–Crippen MR) is 94.6 cm³/mol. The average Bonchev–Trinajstić information content (AvgIpc) is 2.43. The number of aliphatic hydroxyl groups excluding tert-OH is 2. The fourth-order valence-electron chi connectivity index (χ4n) is 2.75. The zero-order valence-corrected chi connectivity index (χ0v) is 14.6. The molecule has 0 aromatic rings. The molecule has 1 aliphatic carbocycles. The van der Waals surface area contributed by atoms with Crippen LogP contribution in [0.5, 0.6) is 0 Å². The lowest BCUT2D eigenvalue weighted by molar-refractivity contribution is 0.163. The first-order valence-electron chi connectivity index (χ1n) is 7.98. The van der Waals surface area contributed by atoms with Gasteiger partial charge in [0.1, 0.15) is 0 Å². The SMILES string of the molecule is CC1=C(/C=C/C(C)=C/C=C/C(C)=C/CO)C(C)(C)CC[C@@H]1O. The van der Waals surface area contributed by atoms with Gasteiger partial charge < -0.3 is 10.2 Å². The Morgan fingerprint density at radius 1 is 1.23 bits per heavy atom. The molecule has 22 heavy (non-hydrogen) atoms. The standard InChI is InChI=1S/C20H30O2/c1-15(7-6-8-16(2)12-14-21)9-10-18-17(3)19(22)11-13-20(18,4)5/h6-10,12,19,21-22H,11,13-14H2,1-5H3/b8-6+,10-9+,15-7+,16-12+/t19-/m0/s1. The van der Waals surface area contributed by atoms with Gasteiger partial charge in [-0.05, 0) is 50.2 Å². The third-order valence-electron chi connectivity index (χ3n) is 4.34. The molecule has 0 aromatic carbocycles. The Labute approximate surface area is 135 Å². The monoisotopic (exact) mass is 302 g/mol. The molecule has 0 heterocycles. The molecule has 0 saturated carbocycles. The van der Waals surface area contributed by atoms with Crippen LogP contribution in [0.4, 0.5) is 0 Å². The van der Waals surface area contributed by atoms with E-state index < -0.39 is 0 Å². The molecule has 1 aliphatic rings. The van der Waals surface area contributed by atoms with Crippen molar-refractivity contribution in [1.82, 2.24) is 0 Å². The van der Waals surface area contributed by atoms with Gasteiger partial charge in [0.05, 0.1) is 12.7 Å². The van der Waals surface area contributed by atoms with Crippen LogP contribution >= 0.6 is 0 Å². The molecule has 0 bridgehead atoms. The minimum absolute atomic E-state index is 0.0730. The predicted octanol–water partition coefficient (Wildman–Crippen LogP) is 4.48. The Hall–Kier alpha value is -1.38. The minimum Gasteiger partial charge on any atom is -0.392 e. The lowest BCUT2D eigenvalue weighted by atomic mass is 9.71. The Morgan fingerprint density at radius 2 is 1.91 bits per heavy atom. The topological polar surface area (TPSA) is 40.5 Å². The second-order valence-electron chi connectivity index (χ2n) is 6.77. The van der Waals surface area contributed by atoms with Crippen molar-refractivity contribution < 1.29 is 10.2 Å². The van der Waals surface area contributed by atoms with Crippen LogP contribution in [0.1, 0.15) is 47.5 Å². The fraction of sp³-hybridized carbons (Fsp3) is 0.500. The number of allylic oxidation sites excluding steroid dienone is 8. The number of rotatable bonds is 5. The molecule has 0 amide bonds. The molecule has 122 valence electrons. The summed E-state index contributed by atoms with van der Waals surface area (Å²) in [6.45, 7) is 10.6. The summed E-state index contributed by atoms with van der Waals surface area (Å²) in [5.74, 6) is 0. The van der Waals surface area contributed by atoms with E-state index in [-0.39, 0.29) is 18.1 Å². The Kier molecular flexibility index (Phi) is 7.05. The van der Waals surface area contributed by atoms with Crippen LogP contribution in [0.2, 0.25) is 0 Å². The molecule has 0 spiro atoms. The third kappa shape index (κ3) is 5.43. The maximum atomic E-state index is 10.1. The third-order valence-corrected chi connectivity index (χ3v) is 4.34. The first kappa shape index (κ1) is 18.7. The number of hydrogen-bond acceptors (Lipinski definition) is 2. The maximum absolute atomic E-state index is 10.1. The lowest BCUT2D eigenvalue weighted by Gasteiger charge is -2.35. The van der Waals surface area contributed by atoms with E-state index in [1.54, 1.807) is 6.08 Å². The second-order valence-corrected chi connectivity index (χ2v) is 6.77. The van der Waals surface area contributed by atoms with Crippen LogP contribution in [-0.2, 0) is 0 Å². The molecule has 1 atom stereocenters. The van der Waals surface area contributed by atoms with Gasteiger partial charge in [-0.1, -0.05) is 61.4 Å². The molecule has 0 saturated heterocycles. The van der Waals surface area contributed by atoms with Crippen molar-refractivity contribution >= 4 is 0 Å². The average molecular weight is 302 g/mol. The summed E-state index contributed by atoms with van der Waals surface area (Å²) >= 11 is 0. The molecule has 0 radical (unpaired) electrons. The van der Waals surface area contributed by atoms with Crippen molar-refractivity contribution in [1.29, 1.82) is 0 Å².